The lowest BCUT2D eigenvalue weighted by Gasteiger charge is -2.18. The minimum Gasteiger partial charge on any atom is -0.486 e. The molecule has 0 amide bonds. The van der Waals surface area contributed by atoms with Crippen molar-refractivity contribution in [2.45, 2.75) is 13.5 Å². The van der Waals surface area contributed by atoms with E-state index in [4.69, 9.17) is 14.9 Å². The Balaban J connectivity index is 0.00000108. The van der Waals surface area contributed by atoms with E-state index in [1.165, 1.54) is 11.3 Å². The van der Waals surface area contributed by atoms with Crippen LogP contribution in [0, 0.1) is 5.41 Å². The largest absolute Gasteiger partial charge is 0.486 e. The summed E-state index contributed by atoms with van der Waals surface area (Å²) in [4.78, 5) is 0.569. The van der Waals surface area contributed by atoms with Gasteiger partial charge in [-0.15, -0.1) is 12.4 Å². The van der Waals surface area contributed by atoms with Gasteiger partial charge in [-0.3, -0.25) is 5.41 Å². The molecule has 1 aliphatic rings. The lowest BCUT2D eigenvalue weighted by atomic mass is 10.2. The van der Waals surface area contributed by atoms with Crippen molar-refractivity contribution in [3.8, 4) is 11.5 Å². The van der Waals surface area contributed by atoms with Crippen LogP contribution in [-0.2, 0) is 6.54 Å². The molecule has 0 fully saturated rings. The van der Waals surface area contributed by atoms with Gasteiger partial charge in [0, 0.05) is 18.7 Å². The number of benzene rings is 1. The Hall–Kier alpha value is -1.20. The van der Waals surface area contributed by atoms with Crippen LogP contribution in [0.2, 0.25) is 0 Å². The fourth-order valence-electron chi connectivity index (χ4n) is 1.93. The van der Waals surface area contributed by atoms with Crippen LogP contribution in [0.25, 0.3) is 10.2 Å². The van der Waals surface area contributed by atoms with Gasteiger partial charge in [0.2, 0.25) is 0 Å². The highest BCUT2D eigenvalue weighted by molar-refractivity contribution is 7.16. The lowest BCUT2D eigenvalue weighted by Crippen LogP contribution is -2.15. The van der Waals surface area contributed by atoms with Gasteiger partial charge in [-0.1, -0.05) is 11.3 Å². The van der Waals surface area contributed by atoms with E-state index in [9.17, 15) is 0 Å². The van der Waals surface area contributed by atoms with Crippen LogP contribution in [0.15, 0.2) is 12.1 Å². The zero-order valence-corrected chi connectivity index (χ0v) is 11.0. The molecule has 0 spiro atoms. The maximum absolute atomic E-state index is 7.87. The van der Waals surface area contributed by atoms with Gasteiger partial charge >= 0.3 is 0 Å². The molecule has 3 rings (SSSR count). The first-order chi connectivity index (χ1) is 7.79. The van der Waals surface area contributed by atoms with Crippen molar-refractivity contribution in [1.29, 1.82) is 5.41 Å². The second-order valence-corrected chi connectivity index (χ2v) is 4.65. The topological polar surface area (TPSA) is 47.2 Å². The Morgan fingerprint density at radius 3 is 2.59 bits per heavy atom. The second kappa shape index (κ2) is 4.58. The van der Waals surface area contributed by atoms with E-state index in [2.05, 4.69) is 0 Å². The number of nitrogens with one attached hydrogen (secondary N) is 1. The number of aryl methyl sites for hydroxylation is 1. The smallest absolute Gasteiger partial charge is 0.182 e. The van der Waals surface area contributed by atoms with Gasteiger partial charge < -0.3 is 14.0 Å². The highest BCUT2D eigenvalue weighted by Gasteiger charge is 2.15. The minimum absolute atomic E-state index is 0. The average molecular weight is 273 g/mol. The van der Waals surface area contributed by atoms with Crippen LogP contribution in [-0.4, -0.2) is 17.8 Å². The number of hydrogen-bond acceptors (Lipinski definition) is 4. The summed E-state index contributed by atoms with van der Waals surface area (Å²) >= 11 is 1.47. The molecule has 0 radical (unpaired) electrons. The molecule has 0 saturated carbocycles. The molecule has 4 nitrogen and oxygen atoms in total. The van der Waals surface area contributed by atoms with Gasteiger partial charge in [0.05, 0.1) is 10.2 Å². The van der Waals surface area contributed by atoms with Crippen LogP contribution in [0.5, 0.6) is 11.5 Å². The fraction of sp³-hybridized carbons (Fsp3) is 0.364. The number of rotatable bonds is 1. The van der Waals surface area contributed by atoms with E-state index >= 15 is 0 Å². The Kier molecular flexibility index (Phi) is 3.31. The van der Waals surface area contributed by atoms with Crippen LogP contribution in [0.3, 0.4) is 0 Å². The van der Waals surface area contributed by atoms with Crippen molar-refractivity contribution < 1.29 is 9.47 Å². The molecule has 0 saturated heterocycles. The first-order valence-electron chi connectivity index (χ1n) is 5.27. The zero-order valence-electron chi connectivity index (χ0n) is 9.36. The molecule has 17 heavy (non-hydrogen) atoms. The summed E-state index contributed by atoms with van der Waals surface area (Å²) in [6, 6.07) is 3.94. The molecule has 2 heterocycles. The van der Waals surface area contributed by atoms with Gasteiger partial charge in [-0.05, 0) is 6.92 Å². The van der Waals surface area contributed by atoms with Crippen molar-refractivity contribution in [3.05, 3.63) is 16.9 Å². The molecule has 92 valence electrons. The molecule has 2 aromatic rings. The van der Waals surface area contributed by atoms with E-state index in [0.29, 0.717) is 18.0 Å². The molecular formula is C11H13ClN2O2S. The number of fused-ring (bicyclic) bond motifs is 2. The predicted molar refractivity (Wildman–Crippen MR) is 69.6 cm³/mol. The van der Waals surface area contributed by atoms with Crippen molar-refractivity contribution in [3.63, 3.8) is 0 Å². The number of halogens is 1. The normalized spacial score (nSPS) is 13.5. The van der Waals surface area contributed by atoms with Gasteiger partial charge in [0.25, 0.3) is 0 Å². The molecule has 1 aromatic heterocycles. The monoisotopic (exact) mass is 272 g/mol. The molecule has 1 aliphatic heterocycles. The highest BCUT2D eigenvalue weighted by Crippen LogP contribution is 2.35. The first kappa shape index (κ1) is 12.3. The third-order valence-electron chi connectivity index (χ3n) is 2.68. The number of hydrogen-bond donors (Lipinski definition) is 1. The second-order valence-electron chi connectivity index (χ2n) is 3.62. The summed E-state index contributed by atoms with van der Waals surface area (Å²) in [6.45, 7) is 4.05. The number of thiazole rings is 1. The summed E-state index contributed by atoms with van der Waals surface area (Å²) < 4.78 is 14.1. The molecule has 0 atom stereocenters. The molecule has 1 N–H and O–H groups in total. The molecule has 6 heteroatoms. The third kappa shape index (κ3) is 1.89. The van der Waals surface area contributed by atoms with E-state index < -0.39 is 0 Å². The van der Waals surface area contributed by atoms with Gasteiger partial charge in [0.15, 0.2) is 16.3 Å². The zero-order chi connectivity index (χ0) is 11.1. The summed E-state index contributed by atoms with van der Waals surface area (Å²) in [6.07, 6.45) is 0. The SMILES string of the molecule is CCn1c(=N)sc2cc3c(cc21)OCCO3.Cl. The van der Waals surface area contributed by atoms with Crippen LogP contribution >= 0.6 is 23.7 Å². The number of ether oxygens (including phenoxy) is 2. The highest BCUT2D eigenvalue weighted by atomic mass is 35.5. The van der Waals surface area contributed by atoms with Gasteiger partial charge in [-0.25, -0.2) is 0 Å². The Morgan fingerprint density at radius 1 is 1.29 bits per heavy atom. The molecule has 0 aliphatic carbocycles. The number of nitrogens with zero attached hydrogens (tertiary/aromatic N) is 1. The van der Waals surface area contributed by atoms with E-state index in [0.717, 1.165) is 28.3 Å². The molecule has 0 bridgehead atoms. The van der Waals surface area contributed by atoms with E-state index in [1.807, 2.05) is 23.6 Å². The standard InChI is InChI=1S/C11H12N2O2S.ClH/c1-2-13-7-5-8-9(15-4-3-14-8)6-10(7)16-11(13)12;/h5-6,12H,2-4H2,1H3;1H. The van der Waals surface area contributed by atoms with Crippen LogP contribution in [0.1, 0.15) is 6.92 Å². The molecular weight excluding hydrogens is 260 g/mol. The summed E-state index contributed by atoms with van der Waals surface area (Å²) in [5.41, 5.74) is 1.06. The summed E-state index contributed by atoms with van der Waals surface area (Å²) in [7, 11) is 0. The maximum Gasteiger partial charge on any atom is 0.182 e. The van der Waals surface area contributed by atoms with Crippen LogP contribution in [0.4, 0.5) is 0 Å². The predicted octanol–water partition coefficient (Wildman–Crippen LogP) is 2.40. The van der Waals surface area contributed by atoms with Crippen molar-refractivity contribution in [1.82, 2.24) is 4.57 Å². The molecule has 1 aromatic carbocycles. The summed E-state index contributed by atoms with van der Waals surface area (Å²) in [5.74, 6) is 1.59. The average Bonchev–Trinajstić information content (AvgIpc) is 2.60. The Labute approximate surface area is 109 Å². The maximum atomic E-state index is 7.87. The van der Waals surface area contributed by atoms with Crippen molar-refractivity contribution in [2.75, 3.05) is 13.2 Å². The quantitative estimate of drug-likeness (QED) is 0.867. The van der Waals surface area contributed by atoms with Gasteiger partial charge in [-0.2, -0.15) is 0 Å². The van der Waals surface area contributed by atoms with E-state index in [-0.39, 0.29) is 12.4 Å². The van der Waals surface area contributed by atoms with Gasteiger partial charge in [0.1, 0.15) is 13.2 Å². The third-order valence-corrected chi connectivity index (χ3v) is 3.64. The van der Waals surface area contributed by atoms with Crippen molar-refractivity contribution >= 4 is 34.0 Å². The first-order valence-corrected chi connectivity index (χ1v) is 6.09. The lowest BCUT2D eigenvalue weighted by molar-refractivity contribution is 0.172. The Morgan fingerprint density at radius 2 is 1.94 bits per heavy atom. The number of aromatic nitrogens is 1. The minimum atomic E-state index is 0. The van der Waals surface area contributed by atoms with Crippen LogP contribution < -0.4 is 14.3 Å². The molecule has 0 unspecified atom stereocenters. The van der Waals surface area contributed by atoms with E-state index in [1.54, 1.807) is 0 Å². The Bertz CT molecular complexity index is 605. The van der Waals surface area contributed by atoms with Crippen molar-refractivity contribution in [2.24, 2.45) is 0 Å². The fourth-order valence-corrected chi connectivity index (χ4v) is 2.92. The summed E-state index contributed by atoms with van der Waals surface area (Å²) in [5, 5.41) is 7.87.